The molecular weight excluding hydrogens is 326 g/mol. The average molecular weight is 349 g/mol. The zero-order chi connectivity index (χ0) is 18.0. The predicted octanol–water partition coefficient (Wildman–Crippen LogP) is 1.96. The lowest BCUT2D eigenvalue weighted by atomic mass is 10.3. The Morgan fingerprint density at radius 1 is 1.08 bits per heavy atom. The summed E-state index contributed by atoms with van der Waals surface area (Å²) >= 11 is 0. The van der Waals surface area contributed by atoms with Crippen molar-refractivity contribution in [2.24, 2.45) is 4.99 Å². The first kappa shape index (κ1) is 17.6. The van der Waals surface area contributed by atoms with Crippen LogP contribution in [-0.2, 0) is 13.0 Å². The van der Waals surface area contributed by atoms with E-state index in [9.17, 15) is 0 Å². The number of nitrogens with one attached hydrogen (secondary N) is 2. The van der Waals surface area contributed by atoms with Gasteiger partial charge in [0.2, 0.25) is 0 Å². The number of para-hydroxylation sites is 1. The van der Waals surface area contributed by atoms with Crippen molar-refractivity contribution in [1.82, 2.24) is 30.4 Å². The van der Waals surface area contributed by atoms with Crippen molar-refractivity contribution in [1.29, 1.82) is 0 Å². The Hall–Kier alpha value is -3.22. The molecule has 26 heavy (non-hydrogen) atoms. The lowest BCUT2D eigenvalue weighted by Gasteiger charge is -2.11. The summed E-state index contributed by atoms with van der Waals surface area (Å²) in [5.41, 5.74) is 2.08. The molecule has 7 heteroatoms. The van der Waals surface area contributed by atoms with Crippen LogP contribution >= 0.6 is 0 Å². The summed E-state index contributed by atoms with van der Waals surface area (Å²) in [6.45, 7) is 4.03. The fraction of sp³-hybridized carbons (Fsp3) is 0.263. The molecule has 0 spiro atoms. The van der Waals surface area contributed by atoms with Crippen LogP contribution in [0.5, 0.6) is 0 Å². The first-order valence-electron chi connectivity index (χ1n) is 8.73. The van der Waals surface area contributed by atoms with E-state index >= 15 is 0 Å². The summed E-state index contributed by atoms with van der Waals surface area (Å²) in [5, 5.41) is 14.8. The van der Waals surface area contributed by atoms with Crippen LogP contribution in [0.2, 0.25) is 0 Å². The molecule has 0 saturated heterocycles. The maximum atomic E-state index is 4.62. The van der Waals surface area contributed by atoms with E-state index in [1.807, 2.05) is 66.2 Å². The van der Waals surface area contributed by atoms with Gasteiger partial charge in [-0.15, -0.1) is 10.2 Å². The van der Waals surface area contributed by atoms with Gasteiger partial charge in [-0.05, 0) is 31.2 Å². The van der Waals surface area contributed by atoms with Gasteiger partial charge in [-0.25, -0.2) is 4.99 Å². The molecular formula is C19H23N7. The Morgan fingerprint density at radius 3 is 2.69 bits per heavy atom. The molecule has 2 aromatic heterocycles. The maximum absolute atomic E-state index is 4.62. The van der Waals surface area contributed by atoms with E-state index in [0.29, 0.717) is 6.54 Å². The van der Waals surface area contributed by atoms with Crippen molar-refractivity contribution in [2.75, 3.05) is 13.1 Å². The summed E-state index contributed by atoms with van der Waals surface area (Å²) in [5.74, 6) is 1.55. The smallest absolute Gasteiger partial charge is 0.191 e. The van der Waals surface area contributed by atoms with E-state index in [4.69, 9.17) is 0 Å². The second-order valence-corrected chi connectivity index (χ2v) is 5.65. The minimum Gasteiger partial charge on any atom is -0.357 e. The molecule has 0 aliphatic heterocycles. The van der Waals surface area contributed by atoms with E-state index in [1.165, 1.54) is 0 Å². The molecule has 2 heterocycles. The number of hydrogen-bond donors (Lipinski definition) is 2. The number of benzene rings is 1. The maximum Gasteiger partial charge on any atom is 0.191 e. The minimum atomic E-state index is 0.438. The standard InChI is InChI=1S/C19H23N7/c1-2-20-19(22-13-11-16-8-6-7-12-21-16)23-14-18-25-24-15-26(18)17-9-4-3-5-10-17/h3-10,12,15H,2,11,13-14H2,1H3,(H2,20,22,23). The number of nitrogens with zero attached hydrogens (tertiary/aromatic N) is 5. The average Bonchev–Trinajstić information content (AvgIpc) is 3.16. The fourth-order valence-corrected chi connectivity index (χ4v) is 2.52. The highest BCUT2D eigenvalue weighted by atomic mass is 15.3. The van der Waals surface area contributed by atoms with Gasteiger partial charge in [-0.1, -0.05) is 24.3 Å². The monoisotopic (exact) mass is 349 g/mol. The highest BCUT2D eigenvalue weighted by molar-refractivity contribution is 5.79. The molecule has 0 atom stereocenters. The van der Waals surface area contributed by atoms with Gasteiger partial charge in [0.05, 0.1) is 0 Å². The minimum absolute atomic E-state index is 0.438. The van der Waals surface area contributed by atoms with E-state index in [2.05, 4.69) is 30.8 Å². The van der Waals surface area contributed by atoms with Crippen LogP contribution in [0.15, 0.2) is 66.0 Å². The Kier molecular flexibility index (Phi) is 6.30. The molecule has 0 bridgehead atoms. The molecule has 0 fully saturated rings. The van der Waals surface area contributed by atoms with Gasteiger partial charge in [0.25, 0.3) is 0 Å². The molecule has 0 radical (unpaired) electrons. The van der Waals surface area contributed by atoms with Crippen LogP contribution < -0.4 is 10.6 Å². The molecule has 0 aliphatic carbocycles. The largest absolute Gasteiger partial charge is 0.357 e. The van der Waals surface area contributed by atoms with Crippen LogP contribution in [0.4, 0.5) is 0 Å². The lowest BCUT2D eigenvalue weighted by Crippen LogP contribution is -2.38. The molecule has 1 aromatic carbocycles. The van der Waals surface area contributed by atoms with Crippen LogP contribution in [0, 0.1) is 0 Å². The zero-order valence-corrected chi connectivity index (χ0v) is 14.8. The van der Waals surface area contributed by atoms with Crippen LogP contribution in [0.25, 0.3) is 5.69 Å². The first-order chi connectivity index (χ1) is 12.9. The van der Waals surface area contributed by atoms with Gasteiger partial charge in [-0.2, -0.15) is 0 Å². The number of pyridine rings is 1. The lowest BCUT2D eigenvalue weighted by molar-refractivity contribution is 0.776. The highest BCUT2D eigenvalue weighted by Gasteiger charge is 2.06. The second kappa shape index (κ2) is 9.31. The van der Waals surface area contributed by atoms with E-state index in [0.717, 1.165) is 42.7 Å². The van der Waals surface area contributed by atoms with Crippen LogP contribution in [0.1, 0.15) is 18.4 Å². The molecule has 0 unspecified atom stereocenters. The summed E-state index contributed by atoms with van der Waals surface area (Å²) < 4.78 is 1.95. The molecule has 3 aromatic rings. The predicted molar refractivity (Wildman–Crippen MR) is 102 cm³/mol. The second-order valence-electron chi connectivity index (χ2n) is 5.65. The Labute approximate surface area is 153 Å². The Balaban J connectivity index is 1.62. The quantitative estimate of drug-likeness (QED) is 0.503. The van der Waals surface area contributed by atoms with Crippen LogP contribution in [0.3, 0.4) is 0 Å². The molecule has 2 N–H and O–H groups in total. The number of hydrogen-bond acceptors (Lipinski definition) is 4. The van der Waals surface area contributed by atoms with Crippen molar-refractivity contribution in [2.45, 2.75) is 19.9 Å². The van der Waals surface area contributed by atoms with Crippen molar-refractivity contribution in [3.63, 3.8) is 0 Å². The SMILES string of the molecule is CCNC(=NCc1nncn1-c1ccccc1)NCCc1ccccn1. The summed E-state index contributed by atoms with van der Waals surface area (Å²) in [6, 6.07) is 16.0. The Bertz CT molecular complexity index is 812. The third-order valence-electron chi connectivity index (χ3n) is 3.78. The normalized spacial score (nSPS) is 11.3. The van der Waals surface area contributed by atoms with Crippen molar-refractivity contribution in [3.05, 3.63) is 72.6 Å². The van der Waals surface area contributed by atoms with Gasteiger partial charge >= 0.3 is 0 Å². The number of guanidine groups is 1. The van der Waals surface area contributed by atoms with Crippen molar-refractivity contribution < 1.29 is 0 Å². The van der Waals surface area contributed by atoms with Gasteiger partial charge in [0.15, 0.2) is 11.8 Å². The van der Waals surface area contributed by atoms with Crippen molar-refractivity contribution in [3.8, 4) is 5.69 Å². The molecule has 0 saturated carbocycles. The number of aliphatic imine (C=N–C) groups is 1. The Morgan fingerprint density at radius 2 is 1.92 bits per heavy atom. The summed E-state index contributed by atoms with van der Waals surface area (Å²) in [7, 11) is 0. The number of rotatable bonds is 7. The topological polar surface area (TPSA) is 80.0 Å². The van der Waals surface area contributed by atoms with Gasteiger partial charge < -0.3 is 10.6 Å². The molecule has 0 amide bonds. The zero-order valence-electron chi connectivity index (χ0n) is 14.8. The molecule has 0 aliphatic rings. The van der Waals surface area contributed by atoms with Crippen molar-refractivity contribution >= 4 is 5.96 Å². The van der Waals surface area contributed by atoms with Gasteiger partial charge in [-0.3, -0.25) is 9.55 Å². The summed E-state index contributed by atoms with van der Waals surface area (Å²) in [6.07, 6.45) is 4.36. The fourth-order valence-electron chi connectivity index (χ4n) is 2.52. The first-order valence-corrected chi connectivity index (χ1v) is 8.73. The summed E-state index contributed by atoms with van der Waals surface area (Å²) in [4.78, 5) is 8.96. The van der Waals surface area contributed by atoms with Gasteiger partial charge in [0.1, 0.15) is 12.9 Å². The number of aromatic nitrogens is 4. The van der Waals surface area contributed by atoms with E-state index in [1.54, 1.807) is 6.33 Å². The van der Waals surface area contributed by atoms with Crippen LogP contribution in [-0.4, -0.2) is 38.8 Å². The molecule has 3 rings (SSSR count). The third kappa shape index (κ3) is 4.89. The van der Waals surface area contributed by atoms with E-state index in [-0.39, 0.29) is 0 Å². The third-order valence-corrected chi connectivity index (χ3v) is 3.78. The molecule has 134 valence electrons. The highest BCUT2D eigenvalue weighted by Crippen LogP contribution is 2.09. The van der Waals surface area contributed by atoms with Gasteiger partial charge in [0, 0.05) is 37.1 Å². The van der Waals surface area contributed by atoms with E-state index < -0.39 is 0 Å². The molecule has 7 nitrogen and oxygen atoms in total.